The van der Waals surface area contributed by atoms with Crippen LogP contribution in [0, 0.1) is 11.8 Å². The van der Waals surface area contributed by atoms with E-state index < -0.39 is 0 Å². The van der Waals surface area contributed by atoms with Crippen molar-refractivity contribution in [1.29, 1.82) is 0 Å². The van der Waals surface area contributed by atoms with Crippen molar-refractivity contribution < 1.29 is 5.11 Å². The van der Waals surface area contributed by atoms with E-state index in [4.69, 9.17) is 0 Å². The van der Waals surface area contributed by atoms with Gasteiger partial charge in [-0.05, 0) is 38.1 Å². The van der Waals surface area contributed by atoms with Crippen LogP contribution in [0.3, 0.4) is 0 Å². The molecule has 0 aromatic rings. The zero-order chi connectivity index (χ0) is 12.6. The molecule has 0 spiro atoms. The quantitative estimate of drug-likeness (QED) is 0.625. The highest BCUT2D eigenvalue weighted by Gasteiger charge is 2.12. The Hall–Kier alpha value is -0.340. The third-order valence-electron chi connectivity index (χ3n) is 3.26. The molecule has 16 heavy (non-hydrogen) atoms. The molecule has 2 heteroatoms. The van der Waals surface area contributed by atoms with E-state index in [0.717, 1.165) is 19.4 Å². The van der Waals surface area contributed by atoms with Crippen LogP contribution in [0.5, 0.6) is 0 Å². The topological polar surface area (TPSA) is 32.3 Å². The summed E-state index contributed by atoms with van der Waals surface area (Å²) < 4.78 is 0. The molecule has 0 saturated heterocycles. The van der Waals surface area contributed by atoms with Crippen LogP contribution in [0.1, 0.15) is 47.5 Å². The van der Waals surface area contributed by atoms with Crippen LogP contribution in [0.25, 0.3) is 0 Å². The van der Waals surface area contributed by atoms with Crippen LogP contribution < -0.4 is 5.32 Å². The third-order valence-corrected chi connectivity index (χ3v) is 3.26. The van der Waals surface area contributed by atoms with E-state index in [1.54, 1.807) is 0 Å². The molecule has 2 unspecified atom stereocenters. The van der Waals surface area contributed by atoms with Gasteiger partial charge < -0.3 is 10.4 Å². The van der Waals surface area contributed by atoms with Crippen LogP contribution in [0.4, 0.5) is 0 Å². The number of hydrogen-bond acceptors (Lipinski definition) is 2. The second-order valence-corrected chi connectivity index (χ2v) is 5.03. The van der Waals surface area contributed by atoms with Crippen molar-refractivity contribution in [3.8, 4) is 0 Å². The predicted molar refractivity (Wildman–Crippen MR) is 71.5 cm³/mol. The zero-order valence-corrected chi connectivity index (χ0v) is 11.6. The van der Waals surface area contributed by atoms with Crippen molar-refractivity contribution in [3.63, 3.8) is 0 Å². The molecule has 0 aliphatic rings. The fraction of sp³-hybridized carbons (Fsp3) is 0.857. The van der Waals surface area contributed by atoms with Crippen molar-refractivity contribution >= 4 is 0 Å². The number of allylic oxidation sites excluding steroid dienone is 2. The standard InChI is InChI=1S/C14H29NO/c1-6-15-10-14(16)13(5)9-7-8-12(4)11(2)3/h8,11,13-16H,6-7,9-10H2,1-5H3/b12-8-. The molecule has 0 fully saturated rings. The molecular weight excluding hydrogens is 198 g/mol. The van der Waals surface area contributed by atoms with E-state index in [9.17, 15) is 5.11 Å². The van der Waals surface area contributed by atoms with Gasteiger partial charge in [-0.1, -0.05) is 39.3 Å². The van der Waals surface area contributed by atoms with E-state index in [0.29, 0.717) is 18.4 Å². The van der Waals surface area contributed by atoms with Gasteiger partial charge in [-0.25, -0.2) is 0 Å². The summed E-state index contributed by atoms with van der Waals surface area (Å²) in [4.78, 5) is 0. The van der Waals surface area contributed by atoms with Crippen LogP contribution in [-0.2, 0) is 0 Å². The van der Waals surface area contributed by atoms with E-state index >= 15 is 0 Å². The summed E-state index contributed by atoms with van der Waals surface area (Å²) in [6.07, 6.45) is 4.24. The number of aliphatic hydroxyl groups is 1. The second-order valence-electron chi connectivity index (χ2n) is 5.03. The highest BCUT2D eigenvalue weighted by atomic mass is 16.3. The zero-order valence-electron chi connectivity index (χ0n) is 11.6. The number of hydrogen-bond donors (Lipinski definition) is 2. The minimum absolute atomic E-state index is 0.215. The van der Waals surface area contributed by atoms with E-state index in [1.807, 2.05) is 0 Å². The maximum atomic E-state index is 9.84. The average molecular weight is 227 g/mol. The Labute approximate surface area is 101 Å². The summed E-state index contributed by atoms with van der Waals surface area (Å²) in [7, 11) is 0. The Bertz CT molecular complexity index is 199. The van der Waals surface area contributed by atoms with Crippen LogP contribution >= 0.6 is 0 Å². The minimum Gasteiger partial charge on any atom is -0.392 e. The molecule has 0 rings (SSSR count). The number of rotatable bonds is 8. The summed E-state index contributed by atoms with van der Waals surface area (Å²) >= 11 is 0. The monoisotopic (exact) mass is 227 g/mol. The first-order chi connectivity index (χ1) is 7.49. The largest absolute Gasteiger partial charge is 0.392 e. The maximum absolute atomic E-state index is 9.84. The Morgan fingerprint density at radius 1 is 1.31 bits per heavy atom. The van der Waals surface area contributed by atoms with Crippen molar-refractivity contribution in [3.05, 3.63) is 11.6 Å². The van der Waals surface area contributed by atoms with Gasteiger partial charge in [0, 0.05) is 6.54 Å². The lowest BCUT2D eigenvalue weighted by Gasteiger charge is -2.18. The molecule has 2 nitrogen and oxygen atoms in total. The van der Waals surface area contributed by atoms with Crippen molar-refractivity contribution in [2.45, 2.75) is 53.6 Å². The lowest BCUT2D eigenvalue weighted by Crippen LogP contribution is -2.31. The number of aliphatic hydroxyl groups excluding tert-OH is 1. The highest BCUT2D eigenvalue weighted by Crippen LogP contribution is 2.14. The van der Waals surface area contributed by atoms with Crippen molar-refractivity contribution in [1.82, 2.24) is 5.32 Å². The molecule has 0 aromatic heterocycles. The van der Waals surface area contributed by atoms with Crippen LogP contribution in [-0.4, -0.2) is 24.3 Å². The predicted octanol–water partition coefficient (Wildman–Crippen LogP) is 2.98. The lowest BCUT2D eigenvalue weighted by molar-refractivity contribution is 0.111. The second kappa shape index (κ2) is 8.77. The summed E-state index contributed by atoms with van der Waals surface area (Å²) in [6.45, 7) is 12.4. The molecule has 0 aliphatic carbocycles. The molecule has 0 radical (unpaired) electrons. The van der Waals surface area contributed by atoms with Gasteiger partial charge in [-0.2, -0.15) is 0 Å². The van der Waals surface area contributed by atoms with Crippen LogP contribution in [0.15, 0.2) is 11.6 Å². The Kier molecular flexibility index (Phi) is 8.58. The maximum Gasteiger partial charge on any atom is 0.0690 e. The summed E-state index contributed by atoms with van der Waals surface area (Å²) in [5.74, 6) is 1.01. The van der Waals surface area contributed by atoms with E-state index in [1.165, 1.54) is 5.57 Å². The fourth-order valence-corrected chi connectivity index (χ4v) is 1.50. The minimum atomic E-state index is -0.215. The van der Waals surface area contributed by atoms with E-state index in [-0.39, 0.29) is 6.10 Å². The third kappa shape index (κ3) is 7.02. The van der Waals surface area contributed by atoms with Gasteiger partial charge in [0.15, 0.2) is 0 Å². The number of likely N-dealkylation sites (N-methyl/N-ethyl adjacent to an activating group) is 1. The molecule has 0 bridgehead atoms. The summed E-state index contributed by atoms with van der Waals surface area (Å²) in [5, 5.41) is 13.0. The smallest absolute Gasteiger partial charge is 0.0690 e. The molecule has 0 heterocycles. The Balaban J connectivity index is 3.79. The average Bonchev–Trinajstić information content (AvgIpc) is 2.25. The van der Waals surface area contributed by atoms with Gasteiger partial charge in [-0.15, -0.1) is 0 Å². The molecule has 0 aliphatic heterocycles. The van der Waals surface area contributed by atoms with Gasteiger partial charge in [0.05, 0.1) is 6.10 Å². The molecular formula is C14H29NO. The molecule has 2 N–H and O–H groups in total. The normalized spacial score (nSPS) is 16.6. The van der Waals surface area contributed by atoms with Crippen molar-refractivity contribution in [2.24, 2.45) is 11.8 Å². The van der Waals surface area contributed by atoms with Gasteiger partial charge >= 0.3 is 0 Å². The van der Waals surface area contributed by atoms with Gasteiger partial charge in [-0.3, -0.25) is 0 Å². The van der Waals surface area contributed by atoms with Gasteiger partial charge in [0.25, 0.3) is 0 Å². The number of nitrogens with one attached hydrogen (secondary N) is 1. The molecule has 0 aromatic carbocycles. The van der Waals surface area contributed by atoms with E-state index in [2.05, 4.69) is 46.0 Å². The molecule has 2 atom stereocenters. The SMILES string of the molecule is CCNCC(O)C(C)CC/C=C(/C)C(C)C. The molecule has 96 valence electrons. The van der Waals surface area contributed by atoms with Crippen molar-refractivity contribution in [2.75, 3.05) is 13.1 Å². The lowest BCUT2D eigenvalue weighted by atomic mass is 9.96. The summed E-state index contributed by atoms with van der Waals surface area (Å²) in [5.41, 5.74) is 1.45. The fourth-order valence-electron chi connectivity index (χ4n) is 1.50. The first-order valence-electron chi connectivity index (χ1n) is 6.54. The van der Waals surface area contributed by atoms with Gasteiger partial charge in [0.1, 0.15) is 0 Å². The Morgan fingerprint density at radius 2 is 1.94 bits per heavy atom. The first-order valence-corrected chi connectivity index (χ1v) is 6.54. The Morgan fingerprint density at radius 3 is 2.44 bits per heavy atom. The first kappa shape index (κ1) is 15.7. The highest BCUT2D eigenvalue weighted by molar-refractivity contribution is 5.00. The molecule has 0 amide bonds. The van der Waals surface area contributed by atoms with Crippen LogP contribution in [0.2, 0.25) is 0 Å². The molecule has 0 saturated carbocycles. The van der Waals surface area contributed by atoms with Gasteiger partial charge in [0.2, 0.25) is 0 Å². The summed E-state index contributed by atoms with van der Waals surface area (Å²) in [6, 6.07) is 0.